The second-order valence-electron chi connectivity index (χ2n) is 3.57. The molecule has 0 aromatic heterocycles. The summed E-state index contributed by atoms with van der Waals surface area (Å²) in [5, 5.41) is 3.55. The van der Waals surface area contributed by atoms with Crippen molar-refractivity contribution in [1.82, 2.24) is 0 Å². The van der Waals surface area contributed by atoms with Gasteiger partial charge in [-0.1, -0.05) is 5.11 Å². The van der Waals surface area contributed by atoms with Crippen LogP contribution in [0, 0.1) is 11.6 Å². The monoisotopic (exact) mass is 209 g/mol. The summed E-state index contributed by atoms with van der Waals surface area (Å²) in [6.07, 6.45) is 2.00. The van der Waals surface area contributed by atoms with E-state index in [1.165, 1.54) is 6.07 Å². The number of benzene rings is 1. The summed E-state index contributed by atoms with van der Waals surface area (Å²) in [5.74, 6) is -1.16. The molecular formula is C10H9F2N3. The Balaban J connectivity index is 2.55. The van der Waals surface area contributed by atoms with Crippen LogP contribution in [0.4, 0.5) is 8.78 Å². The number of nitrogens with zero attached hydrogens (tertiary/aromatic N) is 3. The van der Waals surface area contributed by atoms with E-state index in [0.717, 1.165) is 12.5 Å². The van der Waals surface area contributed by atoms with E-state index in [1.807, 2.05) is 0 Å². The molecule has 2 rings (SSSR count). The minimum Gasteiger partial charge on any atom is -0.207 e. The number of azide groups is 1. The predicted octanol–water partition coefficient (Wildman–Crippen LogP) is 3.65. The molecule has 1 aliphatic carbocycles. The quantitative estimate of drug-likeness (QED) is 0.385. The molecule has 78 valence electrons. The Labute approximate surface area is 85.4 Å². The fourth-order valence-corrected chi connectivity index (χ4v) is 1.99. The molecule has 0 amide bonds. The van der Waals surface area contributed by atoms with E-state index in [-0.39, 0.29) is 0 Å². The van der Waals surface area contributed by atoms with E-state index in [2.05, 4.69) is 10.0 Å². The highest BCUT2D eigenvalue weighted by Crippen LogP contribution is 2.34. The van der Waals surface area contributed by atoms with Crippen LogP contribution in [0.5, 0.6) is 0 Å². The molecule has 0 N–H and O–H groups in total. The molecule has 0 heterocycles. The van der Waals surface area contributed by atoms with Gasteiger partial charge in [-0.15, -0.1) is 0 Å². The summed E-state index contributed by atoms with van der Waals surface area (Å²) in [7, 11) is 0. The van der Waals surface area contributed by atoms with Crippen LogP contribution in [0.15, 0.2) is 17.2 Å². The van der Waals surface area contributed by atoms with Gasteiger partial charge in [-0.3, -0.25) is 0 Å². The zero-order valence-corrected chi connectivity index (χ0v) is 7.95. The van der Waals surface area contributed by atoms with Gasteiger partial charge in [0.15, 0.2) is 0 Å². The standard InChI is InChI=1S/C10H9F2N3/c11-6-4-8-7(9(12)5-6)2-1-3-10(8)14-15-13/h4-5,10H,1-3H2/t10-/m0/s1. The van der Waals surface area contributed by atoms with Crippen molar-refractivity contribution in [3.8, 4) is 0 Å². The lowest BCUT2D eigenvalue weighted by Crippen LogP contribution is -2.10. The molecule has 15 heavy (non-hydrogen) atoms. The third kappa shape index (κ3) is 1.78. The first-order valence-electron chi connectivity index (χ1n) is 4.74. The summed E-state index contributed by atoms with van der Waals surface area (Å²) < 4.78 is 26.4. The second kappa shape index (κ2) is 3.87. The lowest BCUT2D eigenvalue weighted by atomic mass is 9.88. The lowest BCUT2D eigenvalue weighted by molar-refractivity contribution is 0.512. The minimum atomic E-state index is -0.619. The van der Waals surface area contributed by atoms with E-state index in [1.54, 1.807) is 0 Å². The Morgan fingerprint density at radius 2 is 2.20 bits per heavy atom. The van der Waals surface area contributed by atoms with Crippen molar-refractivity contribution >= 4 is 0 Å². The van der Waals surface area contributed by atoms with Crippen LogP contribution in [-0.2, 0) is 6.42 Å². The molecule has 5 heteroatoms. The van der Waals surface area contributed by atoms with Gasteiger partial charge in [0.2, 0.25) is 0 Å². The second-order valence-corrected chi connectivity index (χ2v) is 3.57. The molecule has 1 aliphatic rings. The van der Waals surface area contributed by atoms with Crippen LogP contribution in [-0.4, -0.2) is 0 Å². The topological polar surface area (TPSA) is 48.8 Å². The summed E-state index contributed by atoms with van der Waals surface area (Å²) in [4.78, 5) is 2.70. The first kappa shape index (κ1) is 9.93. The van der Waals surface area contributed by atoms with E-state index in [9.17, 15) is 8.78 Å². The van der Waals surface area contributed by atoms with Gasteiger partial charge in [-0.05, 0) is 42.0 Å². The van der Waals surface area contributed by atoms with Crippen molar-refractivity contribution in [3.05, 3.63) is 45.3 Å². The highest BCUT2D eigenvalue weighted by molar-refractivity contribution is 5.34. The average molecular weight is 209 g/mol. The van der Waals surface area contributed by atoms with Crippen molar-refractivity contribution in [3.63, 3.8) is 0 Å². The molecule has 0 unspecified atom stereocenters. The average Bonchev–Trinajstić information content (AvgIpc) is 2.19. The first-order valence-corrected chi connectivity index (χ1v) is 4.74. The van der Waals surface area contributed by atoms with Gasteiger partial charge >= 0.3 is 0 Å². The van der Waals surface area contributed by atoms with Crippen molar-refractivity contribution in [1.29, 1.82) is 0 Å². The molecule has 0 aliphatic heterocycles. The molecule has 0 bridgehead atoms. The van der Waals surface area contributed by atoms with E-state index < -0.39 is 17.7 Å². The smallest absolute Gasteiger partial charge is 0.129 e. The summed E-state index contributed by atoms with van der Waals surface area (Å²) in [5.41, 5.74) is 9.34. The van der Waals surface area contributed by atoms with Crippen molar-refractivity contribution in [2.75, 3.05) is 0 Å². The van der Waals surface area contributed by atoms with Crippen LogP contribution >= 0.6 is 0 Å². The van der Waals surface area contributed by atoms with Gasteiger partial charge in [0.25, 0.3) is 0 Å². The van der Waals surface area contributed by atoms with Crippen LogP contribution in [0.25, 0.3) is 10.4 Å². The van der Waals surface area contributed by atoms with Crippen LogP contribution in [0.2, 0.25) is 0 Å². The zero-order chi connectivity index (χ0) is 10.8. The number of halogens is 2. The van der Waals surface area contributed by atoms with Gasteiger partial charge in [0, 0.05) is 11.0 Å². The number of fused-ring (bicyclic) bond motifs is 1. The van der Waals surface area contributed by atoms with Crippen molar-refractivity contribution in [2.45, 2.75) is 25.3 Å². The zero-order valence-electron chi connectivity index (χ0n) is 7.95. The molecule has 0 saturated carbocycles. The van der Waals surface area contributed by atoms with E-state index in [0.29, 0.717) is 24.0 Å². The normalized spacial score (nSPS) is 19.2. The molecule has 1 atom stereocenters. The Bertz CT molecular complexity index is 439. The highest BCUT2D eigenvalue weighted by Gasteiger charge is 2.22. The molecule has 1 aromatic carbocycles. The molecule has 0 saturated heterocycles. The number of hydrogen-bond donors (Lipinski definition) is 0. The fraction of sp³-hybridized carbons (Fsp3) is 0.400. The van der Waals surface area contributed by atoms with Crippen molar-refractivity contribution in [2.24, 2.45) is 5.11 Å². The Kier molecular flexibility index (Phi) is 2.56. The SMILES string of the molecule is [N-]=[N+]=N[C@H]1CCCc2c(F)cc(F)cc21. The largest absolute Gasteiger partial charge is 0.207 e. The van der Waals surface area contributed by atoms with E-state index >= 15 is 0 Å². The Hall–Kier alpha value is -1.61. The number of hydrogen-bond acceptors (Lipinski definition) is 1. The Morgan fingerprint density at radius 1 is 1.40 bits per heavy atom. The molecule has 1 aromatic rings. The minimum absolute atomic E-state index is 0.427. The Morgan fingerprint density at radius 3 is 2.93 bits per heavy atom. The third-order valence-corrected chi connectivity index (χ3v) is 2.65. The van der Waals surface area contributed by atoms with Crippen LogP contribution in [0.1, 0.15) is 30.0 Å². The third-order valence-electron chi connectivity index (χ3n) is 2.65. The first-order chi connectivity index (χ1) is 7.22. The predicted molar refractivity (Wildman–Crippen MR) is 51.2 cm³/mol. The van der Waals surface area contributed by atoms with Gasteiger partial charge in [0.1, 0.15) is 11.6 Å². The van der Waals surface area contributed by atoms with Crippen LogP contribution in [0.3, 0.4) is 0 Å². The van der Waals surface area contributed by atoms with Gasteiger partial charge in [-0.2, -0.15) is 0 Å². The van der Waals surface area contributed by atoms with Crippen LogP contribution < -0.4 is 0 Å². The number of rotatable bonds is 1. The summed E-state index contributed by atoms with van der Waals surface area (Å²) >= 11 is 0. The maximum absolute atomic E-state index is 13.4. The maximum Gasteiger partial charge on any atom is 0.129 e. The van der Waals surface area contributed by atoms with Gasteiger partial charge < -0.3 is 0 Å². The fourth-order valence-electron chi connectivity index (χ4n) is 1.99. The lowest BCUT2D eigenvalue weighted by Gasteiger charge is -2.22. The molecule has 0 fully saturated rings. The van der Waals surface area contributed by atoms with Gasteiger partial charge in [0.05, 0.1) is 6.04 Å². The summed E-state index contributed by atoms with van der Waals surface area (Å²) in [6.45, 7) is 0. The molecular weight excluding hydrogens is 200 g/mol. The van der Waals surface area contributed by atoms with Crippen molar-refractivity contribution < 1.29 is 8.78 Å². The highest BCUT2D eigenvalue weighted by atomic mass is 19.1. The summed E-state index contributed by atoms with van der Waals surface area (Å²) in [6, 6.07) is 1.71. The molecule has 0 spiro atoms. The molecule has 0 radical (unpaired) electrons. The maximum atomic E-state index is 13.4. The van der Waals surface area contributed by atoms with Gasteiger partial charge in [-0.25, -0.2) is 8.78 Å². The van der Waals surface area contributed by atoms with E-state index in [4.69, 9.17) is 5.53 Å². The molecule has 3 nitrogen and oxygen atoms in total.